The van der Waals surface area contributed by atoms with Gasteiger partial charge < -0.3 is 15.4 Å². The molecule has 1 aliphatic rings. The second-order valence-electron chi connectivity index (χ2n) is 7.24. The maximum absolute atomic E-state index is 6.38. The van der Waals surface area contributed by atoms with E-state index in [2.05, 4.69) is 41.1 Å². The summed E-state index contributed by atoms with van der Waals surface area (Å²) in [6.45, 7) is 6.58. The molecule has 0 radical (unpaired) electrons. The van der Waals surface area contributed by atoms with E-state index in [1.807, 2.05) is 18.2 Å². The van der Waals surface area contributed by atoms with Crippen molar-refractivity contribution in [3.05, 3.63) is 59.9 Å². The summed E-state index contributed by atoms with van der Waals surface area (Å²) in [5, 5.41) is 0. The average molecular weight is 354 g/mol. The van der Waals surface area contributed by atoms with E-state index in [4.69, 9.17) is 10.5 Å². The third-order valence-electron chi connectivity index (χ3n) is 5.31. The van der Waals surface area contributed by atoms with Gasteiger partial charge in [0.2, 0.25) is 0 Å². The topological polar surface area (TPSA) is 51.4 Å². The predicted molar refractivity (Wildman–Crippen MR) is 106 cm³/mol. The van der Waals surface area contributed by atoms with E-state index in [1.54, 1.807) is 6.20 Å². The summed E-state index contributed by atoms with van der Waals surface area (Å²) >= 11 is 0. The van der Waals surface area contributed by atoms with Gasteiger partial charge in [0.25, 0.3) is 0 Å². The minimum Gasteiger partial charge on any atom is -0.494 e. The second-order valence-corrected chi connectivity index (χ2v) is 7.24. The minimum absolute atomic E-state index is 0.104. The highest BCUT2D eigenvalue weighted by Gasteiger charge is 2.17. The van der Waals surface area contributed by atoms with Gasteiger partial charge in [-0.3, -0.25) is 4.98 Å². The van der Waals surface area contributed by atoms with Crippen molar-refractivity contribution in [2.24, 2.45) is 5.73 Å². The van der Waals surface area contributed by atoms with E-state index in [0.29, 0.717) is 0 Å². The lowest BCUT2D eigenvalue weighted by Gasteiger charge is -2.26. The number of ether oxygens (including phenoxy) is 1. The third kappa shape index (κ3) is 5.29. The standard InChI is InChI=1S/C22H31N3O/c1-18(22(23)21-8-3-4-13-24-21)19-9-11-20(12-10-19)26-17-7-16-25-14-5-2-6-15-25/h3-4,8-13,18,22H,2,5-7,14-17,23H2,1H3. The maximum atomic E-state index is 6.38. The van der Waals surface area contributed by atoms with Crippen LogP contribution in [0.25, 0.3) is 0 Å². The van der Waals surface area contributed by atoms with Gasteiger partial charge in [-0.05, 0) is 62.2 Å². The van der Waals surface area contributed by atoms with Crippen LogP contribution in [0.15, 0.2) is 48.7 Å². The molecule has 2 heterocycles. The fraction of sp³-hybridized carbons (Fsp3) is 0.500. The number of likely N-dealkylation sites (tertiary alicyclic amines) is 1. The lowest BCUT2D eigenvalue weighted by Crippen LogP contribution is -2.31. The lowest BCUT2D eigenvalue weighted by molar-refractivity contribution is 0.205. The first-order valence-electron chi connectivity index (χ1n) is 9.85. The van der Waals surface area contributed by atoms with Crippen molar-refractivity contribution < 1.29 is 4.74 Å². The van der Waals surface area contributed by atoms with Crippen LogP contribution in [-0.4, -0.2) is 36.1 Å². The highest BCUT2D eigenvalue weighted by molar-refractivity contribution is 5.31. The van der Waals surface area contributed by atoms with Crippen molar-refractivity contribution in [1.82, 2.24) is 9.88 Å². The van der Waals surface area contributed by atoms with Crippen LogP contribution >= 0.6 is 0 Å². The largest absolute Gasteiger partial charge is 0.494 e. The molecule has 0 spiro atoms. The molecule has 1 aromatic heterocycles. The normalized spacial score (nSPS) is 17.6. The predicted octanol–water partition coefficient (Wildman–Crippen LogP) is 4.14. The van der Waals surface area contributed by atoms with Gasteiger partial charge in [-0.1, -0.05) is 31.5 Å². The minimum atomic E-state index is -0.104. The summed E-state index contributed by atoms with van der Waals surface area (Å²) in [5.74, 6) is 1.14. The van der Waals surface area contributed by atoms with Crippen molar-refractivity contribution in [2.45, 2.75) is 44.6 Å². The monoisotopic (exact) mass is 353 g/mol. The number of pyridine rings is 1. The zero-order valence-corrected chi connectivity index (χ0v) is 15.8. The number of nitrogens with zero attached hydrogens (tertiary/aromatic N) is 2. The number of rotatable bonds is 8. The van der Waals surface area contributed by atoms with Crippen molar-refractivity contribution in [3.8, 4) is 5.75 Å². The highest BCUT2D eigenvalue weighted by atomic mass is 16.5. The van der Waals surface area contributed by atoms with Gasteiger partial charge in [-0.15, -0.1) is 0 Å². The third-order valence-corrected chi connectivity index (χ3v) is 5.31. The van der Waals surface area contributed by atoms with Gasteiger partial charge in [-0.2, -0.15) is 0 Å². The smallest absolute Gasteiger partial charge is 0.119 e. The first-order chi connectivity index (χ1) is 12.7. The molecular formula is C22H31N3O. The van der Waals surface area contributed by atoms with Crippen molar-refractivity contribution >= 4 is 0 Å². The Balaban J connectivity index is 1.45. The Hall–Kier alpha value is -1.91. The summed E-state index contributed by atoms with van der Waals surface area (Å²) in [6.07, 6.45) is 6.97. The Bertz CT molecular complexity index is 638. The Morgan fingerprint density at radius 2 is 1.85 bits per heavy atom. The molecule has 26 heavy (non-hydrogen) atoms. The Morgan fingerprint density at radius 1 is 1.08 bits per heavy atom. The summed E-state index contributed by atoms with van der Waals surface area (Å²) < 4.78 is 5.91. The Labute approximate surface area is 157 Å². The molecule has 0 saturated carbocycles. The Kier molecular flexibility index (Phi) is 7.04. The molecule has 2 aromatic rings. The SMILES string of the molecule is CC(c1ccc(OCCCN2CCCCC2)cc1)C(N)c1ccccn1. The van der Waals surface area contributed by atoms with Gasteiger partial charge in [0.1, 0.15) is 5.75 Å². The van der Waals surface area contributed by atoms with Crippen LogP contribution < -0.4 is 10.5 Å². The molecule has 2 unspecified atom stereocenters. The van der Waals surface area contributed by atoms with Crippen LogP contribution in [0.2, 0.25) is 0 Å². The van der Waals surface area contributed by atoms with Gasteiger partial charge in [0, 0.05) is 18.7 Å². The van der Waals surface area contributed by atoms with E-state index in [9.17, 15) is 0 Å². The lowest BCUT2D eigenvalue weighted by atomic mass is 9.91. The van der Waals surface area contributed by atoms with Crippen LogP contribution in [-0.2, 0) is 0 Å². The number of piperidine rings is 1. The fourth-order valence-electron chi connectivity index (χ4n) is 3.57. The molecule has 4 heteroatoms. The van der Waals surface area contributed by atoms with Crippen molar-refractivity contribution in [2.75, 3.05) is 26.2 Å². The molecule has 2 N–H and O–H groups in total. The number of aromatic nitrogens is 1. The van der Waals surface area contributed by atoms with Gasteiger partial charge >= 0.3 is 0 Å². The zero-order valence-electron chi connectivity index (χ0n) is 15.8. The number of hydrogen-bond donors (Lipinski definition) is 1. The van der Waals surface area contributed by atoms with Gasteiger partial charge in [0.15, 0.2) is 0 Å². The van der Waals surface area contributed by atoms with Crippen LogP contribution in [0.1, 0.15) is 55.8 Å². The van der Waals surface area contributed by atoms with Crippen LogP contribution in [0.4, 0.5) is 0 Å². The number of nitrogens with two attached hydrogens (primary N) is 1. The van der Waals surface area contributed by atoms with Crippen LogP contribution in [0.3, 0.4) is 0 Å². The molecule has 1 saturated heterocycles. The van der Waals surface area contributed by atoms with Crippen molar-refractivity contribution in [1.29, 1.82) is 0 Å². The molecule has 140 valence electrons. The summed E-state index contributed by atoms with van der Waals surface area (Å²) in [5.41, 5.74) is 8.52. The highest BCUT2D eigenvalue weighted by Crippen LogP contribution is 2.28. The Morgan fingerprint density at radius 3 is 2.54 bits per heavy atom. The van der Waals surface area contributed by atoms with Crippen LogP contribution in [0, 0.1) is 0 Å². The van der Waals surface area contributed by atoms with Gasteiger partial charge in [-0.25, -0.2) is 0 Å². The summed E-state index contributed by atoms with van der Waals surface area (Å²) in [4.78, 5) is 6.93. The van der Waals surface area contributed by atoms with E-state index in [0.717, 1.165) is 31.0 Å². The van der Waals surface area contributed by atoms with Crippen molar-refractivity contribution in [3.63, 3.8) is 0 Å². The molecular weight excluding hydrogens is 322 g/mol. The number of hydrogen-bond acceptors (Lipinski definition) is 4. The zero-order chi connectivity index (χ0) is 18.2. The number of benzene rings is 1. The summed E-state index contributed by atoms with van der Waals surface area (Å²) in [7, 11) is 0. The van der Waals surface area contributed by atoms with E-state index in [1.165, 1.54) is 37.9 Å². The molecule has 1 aliphatic heterocycles. The maximum Gasteiger partial charge on any atom is 0.119 e. The molecule has 3 rings (SSSR count). The first-order valence-corrected chi connectivity index (χ1v) is 9.85. The van der Waals surface area contributed by atoms with E-state index in [-0.39, 0.29) is 12.0 Å². The molecule has 1 fully saturated rings. The molecule has 4 nitrogen and oxygen atoms in total. The van der Waals surface area contributed by atoms with E-state index < -0.39 is 0 Å². The second kappa shape index (κ2) is 9.70. The molecule has 2 atom stereocenters. The average Bonchev–Trinajstić information content (AvgIpc) is 2.72. The van der Waals surface area contributed by atoms with E-state index >= 15 is 0 Å². The molecule has 0 aliphatic carbocycles. The van der Waals surface area contributed by atoms with Gasteiger partial charge in [0.05, 0.1) is 18.3 Å². The molecule has 1 aromatic carbocycles. The first kappa shape index (κ1) is 18.9. The van der Waals surface area contributed by atoms with Crippen LogP contribution in [0.5, 0.6) is 5.75 Å². The summed E-state index contributed by atoms with van der Waals surface area (Å²) in [6, 6.07) is 14.1. The molecule has 0 bridgehead atoms. The molecule has 0 amide bonds. The fourth-order valence-corrected chi connectivity index (χ4v) is 3.57. The quantitative estimate of drug-likeness (QED) is 0.725.